The molecule has 4 rings (SSSR count). The number of rotatable bonds is 9. The zero-order valence-electron chi connectivity index (χ0n) is 17.9. The number of ether oxygens (including phenoxy) is 1. The maximum absolute atomic E-state index is 12.6. The van der Waals surface area contributed by atoms with Crippen LogP contribution in [-0.4, -0.2) is 53.6 Å². The predicted octanol–water partition coefficient (Wildman–Crippen LogP) is 2.32. The van der Waals surface area contributed by atoms with Gasteiger partial charge >= 0.3 is 6.03 Å². The van der Waals surface area contributed by atoms with Gasteiger partial charge in [0.05, 0.1) is 13.5 Å². The number of urea groups is 1. The molecule has 166 valence electrons. The molecule has 8 nitrogen and oxygen atoms in total. The number of benzene rings is 2. The molecular formula is C24H26N4O4. The SMILES string of the molecule is COc1ccc2c(ccn2CCNC(=O)CC2NC(=O)N(CCc3ccccc3)C2=O)c1. The molecule has 32 heavy (non-hydrogen) atoms. The first kappa shape index (κ1) is 21.4. The van der Waals surface area contributed by atoms with E-state index in [4.69, 9.17) is 4.74 Å². The standard InChI is InChI=1S/C24H26N4O4/c1-32-19-7-8-21-18(15-19)10-12-27(21)14-11-25-22(29)16-20-23(30)28(24(31)26-20)13-9-17-5-3-2-4-6-17/h2-8,10,12,15,20H,9,11,13-14,16H2,1H3,(H,25,29)(H,26,31). The summed E-state index contributed by atoms with van der Waals surface area (Å²) in [7, 11) is 1.63. The second-order valence-corrected chi connectivity index (χ2v) is 7.72. The molecule has 1 fully saturated rings. The third-order valence-electron chi connectivity index (χ3n) is 5.62. The molecular weight excluding hydrogens is 408 g/mol. The van der Waals surface area contributed by atoms with Crippen LogP contribution in [0.1, 0.15) is 12.0 Å². The molecule has 1 saturated heterocycles. The largest absolute Gasteiger partial charge is 0.497 e. The molecule has 4 amide bonds. The fraction of sp³-hybridized carbons (Fsp3) is 0.292. The average Bonchev–Trinajstić information content (AvgIpc) is 3.32. The summed E-state index contributed by atoms with van der Waals surface area (Å²) in [6.45, 7) is 1.30. The van der Waals surface area contributed by atoms with Crippen molar-refractivity contribution in [1.82, 2.24) is 20.1 Å². The molecule has 1 aliphatic heterocycles. The van der Waals surface area contributed by atoms with Crippen LogP contribution in [0.3, 0.4) is 0 Å². The van der Waals surface area contributed by atoms with Crippen molar-refractivity contribution in [2.75, 3.05) is 20.2 Å². The molecule has 2 N–H and O–H groups in total. The predicted molar refractivity (Wildman–Crippen MR) is 120 cm³/mol. The van der Waals surface area contributed by atoms with E-state index in [9.17, 15) is 14.4 Å². The number of aromatic nitrogens is 1. The van der Waals surface area contributed by atoms with Crippen molar-refractivity contribution in [2.45, 2.75) is 25.4 Å². The first-order valence-electron chi connectivity index (χ1n) is 10.6. The van der Waals surface area contributed by atoms with Crippen LogP contribution >= 0.6 is 0 Å². The summed E-state index contributed by atoms with van der Waals surface area (Å²) < 4.78 is 7.29. The number of amides is 4. The quantitative estimate of drug-likeness (QED) is 0.506. The molecule has 0 bridgehead atoms. The van der Waals surface area contributed by atoms with E-state index in [-0.39, 0.29) is 24.8 Å². The number of nitrogens with one attached hydrogen (secondary N) is 2. The van der Waals surface area contributed by atoms with Gasteiger partial charge in [-0.1, -0.05) is 30.3 Å². The maximum Gasteiger partial charge on any atom is 0.324 e. The molecule has 3 aromatic rings. The molecule has 0 radical (unpaired) electrons. The van der Waals surface area contributed by atoms with Crippen LogP contribution < -0.4 is 15.4 Å². The van der Waals surface area contributed by atoms with E-state index in [1.807, 2.05) is 65.4 Å². The van der Waals surface area contributed by atoms with Gasteiger partial charge in [-0.3, -0.25) is 14.5 Å². The number of carbonyl (C=O) groups is 3. The summed E-state index contributed by atoms with van der Waals surface area (Å²) in [5, 5.41) is 6.52. The molecule has 1 aliphatic rings. The van der Waals surface area contributed by atoms with E-state index >= 15 is 0 Å². The van der Waals surface area contributed by atoms with Crippen molar-refractivity contribution in [3.63, 3.8) is 0 Å². The summed E-state index contributed by atoms with van der Waals surface area (Å²) in [5.41, 5.74) is 2.10. The number of hydrogen-bond donors (Lipinski definition) is 2. The van der Waals surface area contributed by atoms with Crippen LogP contribution in [0.4, 0.5) is 4.79 Å². The Kier molecular flexibility index (Phi) is 6.39. The molecule has 2 aromatic carbocycles. The Morgan fingerprint density at radius 3 is 2.69 bits per heavy atom. The first-order chi connectivity index (χ1) is 15.5. The van der Waals surface area contributed by atoms with Crippen molar-refractivity contribution < 1.29 is 19.1 Å². The van der Waals surface area contributed by atoms with Crippen molar-refractivity contribution in [3.05, 3.63) is 66.4 Å². The van der Waals surface area contributed by atoms with E-state index in [1.54, 1.807) is 7.11 Å². The number of fused-ring (bicyclic) bond motifs is 1. The van der Waals surface area contributed by atoms with Gasteiger partial charge in [0.25, 0.3) is 5.91 Å². The van der Waals surface area contributed by atoms with Crippen molar-refractivity contribution in [3.8, 4) is 5.75 Å². The minimum absolute atomic E-state index is 0.0734. The van der Waals surface area contributed by atoms with Crippen LogP contribution in [-0.2, 0) is 22.6 Å². The summed E-state index contributed by atoms with van der Waals surface area (Å²) in [4.78, 5) is 38.3. The Labute approximate surface area is 186 Å². The Morgan fingerprint density at radius 2 is 1.91 bits per heavy atom. The smallest absolute Gasteiger partial charge is 0.324 e. The number of nitrogens with zero attached hydrogens (tertiary/aromatic N) is 2. The fourth-order valence-corrected chi connectivity index (χ4v) is 3.89. The normalized spacial score (nSPS) is 15.8. The summed E-state index contributed by atoms with van der Waals surface area (Å²) in [6, 6.07) is 16.2. The molecule has 8 heteroatoms. The highest BCUT2D eigenvalue weighted by atomic mass is 16.5. The fourth-order valence-electron chi connectivity index (χ4n) is 3.89. The van der Waals surface area contributed by atoms with E-state index in [0.29, 0.717) is 19.5 Å². The minimum Gasteiger partial charge on any atom is -0.497 e. The van der Waals surface area contributed by atoms with Crippen LogP contribution in [0.15, 0.2) is 60.8 Å². The van der Waals surface area contributed by atoms with Gasteiger partial charge in [-0.05, 0) is 36.2 Å². The van der Waals surface area contributed by atoms with Gasteiger partial charge in [0.2, 0.25) is 5.91 Å². The summed E-state index contributed by atoms with van der Waals surface area (Å²) in [6.07, 6.45) is 2.47. The number of carbonyl (C=O) groups excluding carboxylic acids is 3. The van der Waals surface area contributed by atoms with Crippen LogP contribution in [0.5, 0.6) is 5.75 Å². The number of imide groups is 1. The van der Waals surface area contributed by atoms with Gasteiger partial charge in [-0.2, -0.15) is 0 Å². The third kappa shape index (κ3) is 4.74. The Morgan fingerprint density at radius 1 is 1.09 bits per heavy atom. The minimum atomic E-state index is -0.821. The van der Waals surface area contributed by atoms with E-state index in [2.05, 4.69) is 10.6 Å². The zero-order valence-corrected chi connectivity index (χ0v) is 17.9. The van der Waals surface area contributed by atoms with Gasteiger partial charge in [0.1, 0.15) is 11.8 Å². The molecule has 1 atom stereocenters. The molecule has 0 spiro atoms. The molecule has 0 aliphatic carbocycles. The lowest BCUT2D eigenvalue weighted by Gasteiger charge is -2.13. The highest BCUT2D eigenvalue weighted by molar-refractivity contribution is 6.05. The highest BCUT2D eigenvalue weighted by Gasteiger charge is 2.38. The van der Waals surface area contributed by atoms with Crippen molar-refractivity contribution >= 4 is 28.7 Å². The first-order valence-corrected chi connectivity index (χ1v) is 10.6. The summed E-state index contributed by atoms with van der Waals surface area (Å²) >= 11 is 0. The zero-order chi connectivity index (χ0) is 22.5. The maximum atomic E-state index is 12.6. The summed E-state index contributed by atoms with van der Waals surface area (Å²) in [5.74, 6) is 0.169. The Hall–Kier alpha value is -3.81. The topological polar surface area (TPSA) is 92.7 Å². The molecule has 0 saturated carbocycles. The Balaban J connectivity index is 1.25. The second kappa shape index (κ2) is 9.55. The molecule has 1 unspecified atom stereocenters. The highest BCUT2D eigenvalue weighted by Crippen LogP contribution is 2.21. The van der Waals surface area contributed by atoms with Gasteiger partial charge in [0, 0.05) is 36.7 Å². The van der Waals surface area contributed by atoms with E-state index in [0.717, 1.165) is 22.2 Å². The van der Waals surface area contributed by atoms with Crippen molar-refractivity contribution in [1.29, 1.82) is 0 Å². The van der Waals surface area contributed by atoms with Crippen molar-refractivity contribution in [2.24, 2.45) is 0 Å². The van der Waals surface area contributed by atoms with Gasteiger partial charge in [0.15, 0.2) is 0 Å². The molecule has 2 heterocycles. The lowest BCUT2D eigenvalue weighted by Crippen LogP contribution is -2.37. The lowest BCUT2D eigenvalue weighted by atomic mass is 10.1. The Bertz CT molecular complexity index is 1130. The second-order valence-electron chi connectivity index (χ2n) is 7.72. The van der Waals surface area contributed by atoms with Crippen LogP contribution in [0, 0.1) is 0 Å². The number of hydrogen-bond acceptors (Lipinski definition) is 4. The van der Waals surface area contributed by atoms with Crippen LogP contribution in [0.2, 0.25) is 0 Å². The van der Waals surface area contributed by atoms with Gasteiger partial charge < -0.3 is 19.9 Å². The average molecular weight is 434 g/mol. The van der Waals surface area contributed by atoms with E-state index < -0.39 is 12.1 Å². The monoisotopic (exact) mass is 434 g/mol. The molecule has 1 aromatic heterocycles. The van der Waals surface area contributed by atoms with Gasteiger partial charge in [-0.25, -0.2) is 4.79 Å². The number of methoxy groups -OCH3 is 1. The third-order valence-corrected chi connectivity index (χ3v) is 5.62. The van der Waals surface area contributed by atoms with E-state index in [1.165, 1.54) is 4.90 Å². The van der Waals surface area contributed by atoms with Crippen LogP contribution in [0.25, 0.3) is 10.9 Å². The lowest BCUT2D eigenvalue weighted by molar-refractivity contribution is -0.130. The van der Waals surface area contributed by atoms with Gasteiger partial charge in [-0.15, -0.1) is 0 Å².